The van der Waals surface area contributed by atoms with Gasteiger partial charge in [0.2, 0.25) is 0 Å². The fourth-order valence-electron chi connectivity index (χ4n) is 2.75. The molecule has 2 saturated heterocycles. The van der Waals surface area contributed by atoms with E-state index in [-0.39, 0.29) is 0 Å². The van der Waals surface area contributed by atoms with Crippen LogP contribution >= 0.6 is 15.9 Å². The minimum absolute atomic E-state index is 0.684. The molecule has 3 nitrogen and oxygen atoms in total. The molecular formula is C11H14BrN3. The second-order valence-corrected chi connectivity index (χ2v) is 5.15. The number of pyridine rings is 1. The van der Waals surface area contributed by atoms with Gasteiger partial charge >= 0.3 is 0 Å². The van der Waals surface area contributed by atoms with E-state index in [4.69, 9.17) is 0 Å². The third-order valence-electron chi connectivity index (χ3n) is 3.51. The maximum Gasteiger partial charge on any atom is 0.0592 e. The monoisotopic (exact) mass is 267 g/mol. The maximum atomic E-state index is 4.11. The van der Waals surface area contributed by atoms with Gasteiger partial charge < -0.3 is 10.2 Å². The highest BCUT2D eigenvalue weighted by molar-refractivity contribution is 9.10. The minimum atomic E-state index is 0.684. The molecule has 0 radical (unpaired) electrons. The number of nitrogens with one attached hydrogen (secondary N) is 1. The third kappa shape index (κ3) is 1.56. The van der Waals surface area contributed by atoms with Crippen LogP contribution in [0.1, 0.15) is 6.42 Å². The van der Waals surface area contributed by atoms with Gasteiger partial charge in [-0.05, 0) is 34.3 Å². The van der Waals surface area contributed by atoms with Crippen LogP contribution in [0, 0.1) is 5.92 Å². The fourth-order valence-corrected chi connectivity index (χ4v) is 3.23. The molecule has 2 fully saturated rings. The van der Waals surface area contributed by atoms with Crippen LogP contribution in [0.4, 0.5) is 5.69 Å². The topological polar surface area (TPSA) is 28.2 Å². The van der Waals surface area contributed by atoms with Crippen LogP contribution in [0.3, 0.4) is 0 Å². The van der Waals surface area contributed by atoms with Crippen molar-refractivity contribution in [3.05, 3.63) is 22.9 Å². The first-order valence-corrected chi connectivity index (χ1v) is 6.22. The van der Waals surface area contributed by atoms with Crippen molar-refractivity contribution in [2.45, 2.75) is 12.5 Å². The summed E-state index contributed by atoms with van der Waals surface area (Å²) in [4.78, 5) is 6.62. The number of aromatic nitrogens is 1. The lowest BCUT2D eigenvalue weighted by atomic mass is 10.1. The lowest BCUT2D eigenvalue weighted by molar-refractivity contribution is 0.578. The van der Waals surface area contributed by atoms with Crippen LogP contribution in [0.2, 0.25) is 0 Å². The zero-order valence-corrected chi connectivity index (χ0v) is 10.1. The van der Waals surface area contributed by atoms with Gasteiger partial charge in [0.1, 0.15) is 0 Å². The van der Waals surface area contributed by atoms with Crippen LogP contribution in [-0.4, -0.2) is 30.7 Å². The zero-order chi connectivity index (χ0) is 10.3. The quantitative estimate of drug-likeness (QED) is 0.839. The van der Waals surface area contributed by atoms with Gasteiger partial charge in [0.05, 0.1) is 10.2 Å². The van der Waals surface area contributed by atoms with Gasteiger partial charge in [0.25, 0.3) is 0 Å². The van der Waals surface area contributed by atoms with Gasteiger partial charge in [-0.25, -0.2) is 0 Å². The molecule has 3 heterocycles. The molecule has 3 rings (SSSR count). The van der Waals surface area contributed by atoms with Gasteiger partial charge in [-0.15, -0.1) is 0 Å². The summed E-state index contributed by atoms with van der Waals surface area (Å²) in [5.74, 6) is 0.838. The Kier molecular flexibility index (Phi) is 2.41. The van der Waals surface area contributed by atoms with Crippen molar-refractivity contribution < 1.29 is 0 Å². The molecule has 2 aliphatic heterocycles. The normalized spacial score (nSPS) is 29.5. The van der Waals surface area contributed by atoms with Crippen molar-refractivity contribution >= 4 is 21.6 Å². The number of hydrogen-bond donors (Lipinski definition) is 1. The molecule has 1 aromatic heterocycles. The molecule has 4 heteroatoms. The Morgan fingerprint density at radius 1 is 1.47 bits per heavy atom. The zero-order valence-electron chi connectivity index (χ0n) is 8.49. The number of anilines is 1. The highest BCUT2D eigenvalue weighted by Crippen LogP contribution is 2.35. The summed E-state index contributed by atoms with van der Waals surface area (Å²) in [6, 6.07) is 2.79. The molecule has 1 aromatic rings. The van der Waals surface area contributed by atoms with Crippen molar-refractivity contribution in [2.75, 3.05) is 24.5 Å². The maximum absolute atomic E-state index is 4.11. The van der Waals surface area contributed by atoms with E-state index < -0.39 is 0 Å². The number of nitrogens with zero attached hydrogens (tertiary/aromatic N) is 2. The molecule has 0 saturated carbocycles. The molecule has 0 aromatic carbocycles. The average Bonchev–Trinajstić information content (AvgIpc) is 2.80. The van der Waals surface area contributed by atoms with E-state index in [1.807, 2.05) is 12.4 Å². The predicted octanol–water partition coefficient (Wildman–Crippen LogP) is 1.64. The van der Waals surface area contributed by atoms with Gasteiger partial charge in [-0.1, -0.05) is 0 Å². The largest absolute Gasteiger partial charge is 0.366 e. The Morgan fingerprint density at radius 2 is 2.40 bits per heavy atom. The molecule has 0 amide bonds. The molecule has 2 atom stereocenters. The summed E-state index contributed by atoms with van der Waals surface area (Å²) in [6.45, 7) is 3.49. The summed E-state index contributed by atoms with van der Waals surface area (Å²) in [7, 11) is 0. The first kappa shape index (κ1) is 9.60. The Labute approximate surface area is 98.0 Å². The van der Waals surface area contributed by atoms with Crippen molar-refractivity contribution in [3.8, 4) is 0 Å². The molecule has 2 aliphatic rings. The summed E-state index contributed by atoms with van der Waals surface area (Å²) in [6.07, 6.45) is 5.06. The van der Waals surface area contributed by atoms with Gasteiger partial charge in [-0.3, -0.25) is 4.98 Å². The van der Waals surface area contributed by atoms with E-state index in [0.717, 1.165) is 16.9 Å². The lowest BCUT2D eigenvalue weighted by Crippen LogP contribution is -2.34. The SMILES string of the molecule is Brc1cnccc1N1CC[C@H]2CNC[C@H]21. The Hall–Kier alpha value is -0.610. The predicted molar refractivity (Wildman–Crippen MR) is 64.0 cm³/mol. The summed E-state index contributed by atoms with van der Waals surface area (Å²) in [5.41, 5.74) is 1.29. The van der Waals surface area contributed by atoms with E-state index in [9.17, 15) is 0 Å². The summed E-state index contributed by atoms with van der Waals surface area (Å²) < 4.78 is 1.11. The lowest BCUT2D eigenvalue weighted by Gasteiger charge is -2.26. The number of halogens is 1. The van der Waals surface area contributed by atoms with Crippen molar-refractivity contribution in [2.24, 2.45) is 5.92 Å². The minimum Gasteiger partial charge on any atom is -0.366 e. The van der Waals surface area contributed by atoms with E-state index in [1.54, 1.807) is 0 Å². The van der Waals surface area contributed by atoms with Crippen LogP contribution < -0.4 is 10.2 Å². The van der Waals surface area contributed by atoms with E-state index in [2.05, 4.69) is 37.2 Å². The molecule has 0 aliphatic carbocycles. The first-order chi connectivity index (χ1) is 7.36. The fraction of sp³-hybridized carbons (Fsp3) is 0.545. The molecule has 80 valence electrons. The standard InChI is InChI=1S/C11H14BrN3/c12-9-6-13-3-1-10(9)15-4-2-8-5-14-7-11(8)15/h1,3,6,8,11,14H,2,4-5,7H2/t8-,11+/m0/s1. The molecule has 1 N–H and O–H groups in total. The smallest absolute Gasteiger partial charge is 0.0592 e. The van der Waals surface area contributed by atoms with Crippen LogP contribution in [0.15, 0.2) is 22.9 Å². The second kappa shape index (κ2) is 3.76. The highest BCUT2D eigenvalue weighted by atomic mass is 79.9. The van der Waals surface area contributed by atoms with Gasteiger partial charge in [0, 0.05) is 38.1 Å². The second-order valence-electron chi connectivity index (χ2n) is 4.29. The Morgan fingerprint density at radius 3 is 3.27 bits per heavy atom. The molecule has 0 bridgehead atoms. The van der Waals surface area contributed by atoms with Gasteiger partial charge in [0.15, 0.2) is 0 Å². The van der Waals surface area contributed by atoms with Crippen LogP contribution in [0.5, 0.6) is 0 Å². The number of rotatable bonds is 1. The molecule has 15 heavy (non-hydrogen) atoms. The molecule has 0 spiro atoms. The van der Waals surface area contributed by atoms with Crippen molar-refractivity contribution in [1.82, 2.24) is 10.3 Å². The van der Waals surface area contributed by atoms with Crippen LogP contribution in [-0.2, 0) is 0 Å². The van der Waals surface area contributed by atoms with Gasteiger partial charge in [-0.2, -0.15) is 0 Å². The van der Waals surface area contributed by atoms with Crippen molar-refractivity contribution in [3.63, 3.8) is 0 Å². The summed E-state index contributed by atoms with van der Waals surface area (Å²) >= 11 is 3.58. The summed E-state index contributed by atoms with van der Waals surface area (Å²) in [5, 5.41) is 3.47. The molecule has 0 unspecified atom stereocenters. The average molecular weight is 268 g/mol. The van der Waals surface area contributed by atoms with Crippen LogP contribution in [0.25, 0.3) is 0 Å². The molecular weight excluding hydrogens is 254 g/mol. The number of hydrogen-bond acceptors (Lipinski definition) is 3. The Bertz CT molecular complexity index is 369. The highest BCUT2D eigenvalue weighted by Gasteiger charge is 2.37. The van der Waals surface area contributed by atoms with Crippen molar-refractivity contribution in [1.29, 1.82) is 0 Å². The third-order valence-corrected chi connectivity index (χ3v) is 4.12. The Balaban J connectivity index is 1.91. The van der Waals surface area contributed by atoms with E-state index in [1.165, 1.54) is 25.2 Å². The van der Waals surface area contributed by atoms with E-state index >= 15 is 0 Å². The first-order valence-electron chi connectivity index (χ1n) is 5.43. The van der Waals surface area contributed by atoms with E-state index in [0.29, 0.717) is 6.04 Å². The number of fused-ring (bicyclic) bond motifs is 1.